The fourth-order valence-electron chi connectivity index (χ4n) is 1.94. The van der Waals surface area contributed by atoms with E-state index in [-0.39, 0.29) is 0 Å². The molecule has 100 valence electrons. The first-order chi connectivity index (χ1) is 8.66. The lowest BCUT2D eigenvalue weighted by molar-refractivity contribution is 0.0985. The van der Waals surface area contributed by atoms with Crippen LogP contribution in [-0.4, -0.2) is 41.0 Å². The average molecular weight is 267 g/mol. The minimum absolute atomic E-state index is 0.388. The summed E-state index contributed by atoms with van der Waals surface area (Å²) in [4.78, 5) is 11.0. The second-order valence-corrected chi connectivity index (χ2v) is 6.41. The molecule has 0 spiro atoms. The summed E-state index contributed by atoms with van der Waals surface area (Å²) in [6, 6.07) is 2.50. The second-order valence-electron chi connectivity index (χ2n) is 4.84. The third-order valence-corrected chi connectivity index (χ3v) is 4.06. The quantitative estimate of drug-likeness (QED) is 0.837. The molecule has 1 atom stereocenters. The molecular weight excluding hydrogens is 246 g/mol. The van der Waals surface area contributed by atoms with Gasteiger partial charge in [-0.05, 0) is 12.2 Å². The highest BCUT2D eigenvalue weighted by molar-refractivity contribution is 7.99. The molecule has 0 N–H and O–H groups in total. The van der Waals surface area contributed by atoms with Gasteiger partial charge in [-0.3, -0.25) is 0 Å². The fourth-order valence-corrected chi connectivity index (χ4v) is 2.60. The Morgan fingerprint density at radius 1 is 1.50 bits per heavy atom. The van der Waals surface area contributed by atoms with E-state index in [2.05, 4.69) is 41.7 Å². The Morgan fingerprint density at radius 2 is 2.33 bits per heavy atom. The molecule has 0 unspecified atom stereocenters. The van der Waals surface area contributed by atoms with Crippen molar-refractivity contribution in [2.75, 3.05) is 24.7 Å². The molecule has 0 radical (unpaired) electrons. The molecule has 1 fully saturated rings. The van der Waals surface area contributed by atoms with Crippen molar-refractivity contribution in [2.24, 2.45) is 0 Å². The van der Waals surface area contributed by atoms with Crippen molar-refractivity contribution in [3.8, 4) is 0 Å². The van der Waals surface area contributed by atoms with Crippen LogP contribution >= 0.6 is 11.8 Å². The van der Waals surface area contributed by atoms with Gasteiger partial charge in [-0.2, -0.15) is 11.8 Å². The van der Waals surface area contributed by atoms with Gasteiger partial charge in [-0.25, -0.2) is 9.97 Å². The van der Waals surface area contributed by atoms with E-state index in [4.69, 9.17) is 4.74 Å². The van der Waals surface area contributed by atoms with Crippen LogP contribution in [0.3, 0.4) is 0 Å². The van der Waals surface area contributed by atoms with Crippen molar-refractivity contribution in [2.45, 2.75) is 37.8 Å². The Kier molecular flexibility index (Phi) is 4.83. The van der Waals surface area contributed by atoms with Gasteiger partial charge in [0.1, 0.15) is 12.1 Å². The first-order valence-corrected chi connectivity index (χ1v) is 7.48. The summed E-state index contributed by atoms with van der Waals surface area (Å²) in [7, 11) is 0. The number of aromatic nitrogens is 2. The van der Waals surface area contributed by atoms with Gasteiger partial charge in [-0.15, -0.1) is 0 Å². The van der Waals surface area contributed by atoms with E-state index in [1.807, 2.05) is 11.8 Å². The number of thioether (sulfide) groups is 1. The first kappa shape index (κ1) is 13.6. The van der Waals surface area contributed by atoms with Crippen molar-refractivity contribution in [3.63, 3.8) is 0 Å². The summed E-state index contributed by atoms with van der Waals surface area (Å²) in [5.41, 5.74) is 1.11. The largest absolute Gasteiger partial charge is 0.377 e. The van der Waals surface area contributed by atoms with E-state index in [1.165, 1.54) is 0 Å². The highest BCUT2D eigenvalue weighted by Gasteiger charge is 2.20. The second kappa shape index (κ2) is 6.38. The Hall–Kier alpha value is -0.810. The molecule has 0 saturated carbocycles. The number of rotatable bonds is 4. The number of hydrogen-bond donors (Lipinski definition) is 0. The number of ether oxygens (including phenoxy) is 1. The van der Waals surface area contributed by atoms with E-state index >= 15 is 0 Å². The molecule has 0 aliphatic carbocycles. The zero-order valence-electron chi connectivity index (χ0n) is 11.3. The molecule has 0 bridgehead atoms. The number of hydrogen-bond acceptors (Lipinski definition) is 5. The summed E-state index contributed by atoms with van der Waals surface area (Å²) in [5, 5.41) is 0.630. The molecule has 1 aromatic heterocycles. The standard InChI is InChI=1S/C13H21N3OS/c1-10(2)18-8-12-6-13(15-9-14-12)16-4-5-17-7-11(16)3/h6,9-11H,4-5,7-8H2,1-3H3/t11-/m0/s1. The fraction of sp³-hybridized carbons (Fsp3) is 0.692. The Bertz CT molecular complexity index is 386. The lowest BCUT2D eigenvalue weighted by Gasteiger charge is -2.34. The van der Waals surface area contributed by atoms with Crippen LogP contribution in [0.25, 0.3) is 0 Å². The van der Waals surface area contributed by atoms with Crippen LogP contribution in [0.5, 0.6) is 0 Å². The van der Waals surface area contributed by atoms with Gasteiger partial charge in [0.15, 0.2) is 0 Å². The Morgan fingerprint density at radius 3 is 3.06 bits per heavy atom. The van der Waals surface area contributed by atoms with Crippen LogP contribution in [0, 0.1) is 0 Å². The van der Waals surface area contributed by atoms with Crippen molar-refractivity contribution in [1.82, 2.24) is 9.97 Å². The maximum absolute atomic E-state index is 5.45. The van der Waals surface area contributed by atoms with Crippen molar-refractivity contribution < 1.29 is 4.74 Å². The Labute approximate surface area is 113 Å². The van der Waals surface area contributed by atoms with Crippen LogP contribution in [0.15, 0.2) is 12.4 Å². The van der Waals surface area contributed by atoms with Gasteiger partial charge < -0.3 is 9.64 Å². The molecule has 0 aromatic carbocycles. The molecular formula is C13H21N3OS. The third-order valence-electron chi connectivity index (χ3n) is 2.94. The normalized spacial score (nSPS) is 20.4. The van der Waals surface area contributed by atoms with Crippen LogP contribution in [-0.2, 0) is 10.5 Å². The minimum atomic E-state index is 0.388. The highest BCUT2D eigenvalue weighted by atomic mass is 32.2. The molecule has 5 heteroatoms. The first-order valence-electron chi connectivity index (χ1n) is 6.43. The van der Waals surface area contributed by atoms with Gasteiger partial charge >= 0.3 is 0 Å². The van der Waals surface area contributed by atoms with Crippen molar-refractivity contribution in [3.05, 3.63) is 18.1 Å². The van der Waals surface area contributed by atoms with Crippen LogP contribution in [0.1, 0.15) is 26.5 Å². The van der Waals surface area contributed by atoms with Crippen molar-refractivity contribution in [1.29, 1.82) is 0 Å². The molecule has 2 heterocycles. The molecule has 18 heavy (non-hydrogen) atoms. The zero-order valence-corrected chi connectivity index (χ0v) is 12.1. The van der Waals surface area contributed by atoms with E-state index in [0.29, 0.717) is 11.3 Å². The number of morpholine rings is 1. The Balaban J connectivity index is 2.06. The lowest BCUT2D eigenvalue weighted by atomic mass is 10.2. The van der Waals surface area contributed by atoms with Gasteiger partial charge in [0.2, 0.25) is 0 Å². The van der Waals surface area contributed by atoms with E-state index in [1.54, 1.807) is 6.33 Å². The number of anilines is 1. The predicted molar refractivity (Wildman–Crippen MR) is 76.1 cm³/mol. The van der Waals surface area contributed by atoms with Crippen LogP contribution in [0.4, 0.5) is 5.82 Å². The SMILES string of the molecule is CC(C)SCc1cc(N2CCOC[C@@H]2C)ncn1. The molecule has 1 aliphatic rings. The molecule has 2 rings (SSSR count). The van der Waals surface area contributed by atoms with E-state index < -0.39 is 0 Å². The average Bonchev–Trinajstić information content (AvgIpc) is 2.37. The van der Waals surface area contributed by atoms with Crippen molar-refractivity contribution >= 4 is 17.6 Å². The smallest absolute Gasteiger partial charge is 0.132 e. The van der Waals surface area contributed by atoms with E-state index in [9.17, 15) is 0 Å². The van der Waals surface area contributed by atoms with Crippen LogP contribution in [0.2, 0.25) is 0 Å². The molecule has 1 aromatic rings. The highest BCUT2D eigenvalue weighted by Crippen LogP contribution is 2.20. The van der Waals surface area contributed by atoms with Gasteiger partial charge in [0, 0.05) is 18.4 Å². The van der Waals surface area contributed by atoms with E-state index in [0.717, 1.165) is 37.0 Å². The minimum Gasteiger partial charge on any atom is -0.377 e. The van der Waals surface area contributed by atoms with Gasteiger partial charge in [-0.1, -0.05) is 13.8 Å². The summed E-state index contributed by atoms with van der Waals surface area (Å²) >= 11 is 1.91. The molecule has 0 amide bonds. The maximum atomic E-state index is 5.45. The zero-order chi connectivity index (χ0) is 13.0. The van der Waals surface area contributed by atoms with Gasteiger partial charge in [0.25, 0.3) is 0 Å². The summed E-state index contributed by atoms with van der Waals surface area (Å²) < 4.78 is 5.45. The molecule has 1 aliphatic heterocycles. The summed E-state index contributed by atoms with van der Waals surface area (Å²) in [6.45, 7) is 9.05. The molecule has 4 nitrogen and oxygen atoms in total. The summed E-state index contributed by atoms with van der Waals surface area (Å²) in [6.07, 6.45) is 1.67. The predicted octanol–water partition coefficient (Wildman–Crippen LogP) is 2.34. The third kappa shape index (κ3) is 3.59. The number of nitrogens with zero attached hydrogens (tertiary/aromatic N) is 3. The molecule has 1 saturated heterocycles. The monoisotopic (exact) mass is 267 g/mol. The maximum Gasteiger partial charge on any atom is 0.132 e. The van der Waals surface area contributed by atoms with Crippen LogP contribution < -0.4 is 4.90 Å². The topological polar surface area (TPSA) is 38.2 Å². The summed E-state index contributed by atoms with van der Waals surface area (Å²) in [5.74, 6) is 1.98. The lowest BCUT2D eigenvalue weighted by Crippen LogP contribution is -2.44. The van der Waals surface area contributed by atoms with Gasteiger partial charge in [0.05, 0.1) is 24.9 Å².